The Morgan fingerprint density at radius 3 is 2.77 bits per heavy atom. The molecule has 0 saturated carbocycles. The van der Waals surface area contributed by atoms with Crippen molar-refractivity contribution in [2.24, 2.45) is 0 Å². The van der Waals surface area contributed by atoms with Crippen molar-refractivity contribution in [3.63, 3.8) is 0 Å². The molecule has 0 fully saturated rings. The number of hydrogen-bond donors (Lipinski definition) is 1. The number of rotatable bonds is 6. The van der Waals surface area contributed by atoms with Crippen LogP contribution < -0.4 is 5.32 Å². The quantitative estimate of drug-likeness (QED) is 0.659. The molecule has 3 heteroatoms. The molecule has 1 aromatic heterocycles. The first-order valence-electron chi connectivity index (χ1n) is 4.54. The highest BCUT2D eigenvalue weighted by Crippen LogP contribution is 1.97. The van der Waals surface area contributed by atoms with E-state index < -0.39 is 0 Å². The molecule has 1 heterocycles. The lowest BCUT2D eigenvalue weighted by Crippen LogP contribution is -2.15. The molecule has 0 saturated heterocycles. The molecule has 0 spiro atoms. The molecule has 1 aromatic rings. The zero-order valence-electron chi connectivity index (χ0n) is 7.99. The average molecular weight is 180 g/mol. The van der Waals surface area contributed by atoms with Crippen molar-refractivity contribution in [3.05, 3.63) is 30.1 Å². The monoisotopic (exact) mass is 180 g/mol. The van der Waals surface area contributed by atoms with Gasteiger partial charge in [0.25, 0.3) is 0 Å². The van der Waals surface area contributed by atoms with Crippen LogP contribution in [0, 0.1) is 0 Å². The van der Waals surface area contributed by atoms with E-state index in [-0.39, 0.29) is 0 Å². The summed E-state index contributed by atoms with van der Waals surface area (Å²) >= 11 is 0. The first-order chi connectivity index (χ1) is 6.43. The number of nitrogens with zero attached hydrogens (tertiary/aromatic N) is 1. The summed E-state index contributed by atoms with van der Waals surface area (Å²) in [6.45, 7) is 2.48. The van der Waals surface area contributed by atoms with Crippen LogP contribution in [-0.2, 0) is 11.2 Å². The van der Waals surface area contributed by atoms with Crippen LogP contribution in [0.5, 0.6) is 0 Å². The Labute approximate surface area is 79.1 Å². The van der Waals surface area contributed by atoms with Gasteiger partial charge in [0.2, 0.25) is 0 Å². The molecule has 0 unspecified atom stereocenters. The molecule has 1 rings (SSSR count). The van der Waals surface area contributed by atoms with E-state index in [4.69, 9.17) is 4.74 Å². The van der Waals surface area contributed by atoms with E-state index in [1.807, 2.05) is 31.6 Å². The SMILES string of the molecule is CNCCOCCc1ccncc1. The minimum Gasteiger partial charge on any atom is -0.380 e. The van der Waals surface area contributed by atoms with Crippen LogP contribution in [0.1, 0.15) is 5.56 Å². The fourth-order valence-corrected chi connectivity index (χ4v) is 1.02. The fraction of sp³-hybridized carbons (Fsp3) is 0.500. The van der Waals surface area contributed by atoms with E-state index in [1.54, 1.807) is 0 Å². The molecule has 0 aliphatic carbocycles. The van der Waals surface area contributed by atoms with Crippen LogP contribution in [0.25, 0.3) is 0 Å². The van der Waals surface area contributed by atoms with Gasteiger partial charge in [-0.25, -0.2) is 0 Å². The predicted octanol–water partition coefficient (Wildman–Crippen LogP) is 0.860. The highest BCUT2D eigenvalue weighted by molar-refractivity contribution is 5.09. The van der Waals surface area contributed by atoms with Gasteiger partial charge in [-0.05, 0) is 31.2 Å². The summed E-state index contributed by atoms with van der Waals surface area (Å²) in [5.41, 5.74) is 1.28. The normalized spacial score (nSPS) is 10.2. The molecule has 0 radical (unpaired) electrons. The molecule has 0 amide bonds. The van der Waals surface area contributed by atoms with Crippen LogP contribution in [0.2, 0.25) is 0 Å². The maximum atomic E-state index is 5.40. The van der Waals surface area contributed by atoms with Gasteiger partial charge in [0, 0.05) is 18.9 Å². The van der Waals surface area contributed by atoms with Gasteiger partial charge in [-0.2, -0.15) is 0 Å². The van der Waals surface area contributed by atoms with E-state index in [0.29, 0.717) is 0 Å². The summed E-state index contributed by atoms with van der Waals surface area (Å²) in [5, 5.41) is 3.03. The number of ether oxygens (including phenoxy) is 1. The highest BCUT2D eigenvalue weighted by Gasteiger charge is 1.91. The Kier molecular flexibility index (Phi) is 5.13. The largest absolute Gasteiger partial charge is 0.380 e. The van der Waals surface area contributed by atoms with Crippen molar-refractivity contribution in [1.29, 1.82) is 0 Å². The zero-order valence-corrected chi connectivity index (χ0v) is 7.99. The van der Waals surface area contributed by atoms with E-state index >= 15 is 0 Å². The van der Waals surface area contributed by atoms with Gasteiger partial charge < -0.3 is 10.1 Å². The summed E-state index contributed by atoms with van der Waals surface area (Å²) in [6.07, 6.45) is 4.58. The van der Waals surface area contributed by atoms with Crippen LogP contribution in [0.15, 0.2) is 24.5 Å². The molecule has 0 aliphatic rings. The molecule has 3 nitrogen and oxygen atoms in total. The van der Waals surface area contributed by atoms with Crippen molar-refractivity contribution < 1.29 is 4.74 Å². The maximum absolute atomic E-state index is 5.40. The molecule has 72 valence electrons. The lowest BCUT2D eigenvalue weighted by Gasteiger charge is -2.03. The molecule has 0 bridgehead atoms. The third kappa shape index (κ3) is 4.60. The van der Waals surface area contributed by atoms with Crippen LogP contribution in [0.3, 0.4) is 0 Å². The lowest BCUT2D eigenvalue weighted by atomic mass is 10.2. The average Bonchev–Trinajstić information content (AvgIpc) is 2.19. The summed E-state index contributed by atoms with van der Waals surface area (Å²) in [6, 6.07) is 4.03. The first-order valence-corrected chi connectivity index (χ1v) is 4.54. The summed E-state index contributed by atoms with van der Waals surface area (Å²) in [7, 11) is 1.92. The number of pyridine rings is 1. The summed E-state index contributed by atoms with van der Waals surface area (Å²) < 4.78 is 5.40. The molecule has 0 aromatic carbocycles. The fourth-order valence-electron chi connectivity index (χ4n) is 1.02. The Bertz CT molecular complexity index is 213. The minimum absolute atomic E-state index is 0.779. The van der Waals surface area contributed by atoms with Gasteiger partial charge in [-0.15, -0.1) is 0 Å². The lowest BCUT2D eigenvalue weighted by molar-refractivity contribution is 0.140. The smallest absolute Gasteiger partial charge is 0.0590 e. The van der Waals surface area contributed by atoms with Gasteiger partial charge >= 0.3 is 0 Å². The predicted molar refractivity (Wildman–Crippen MR) is 52.7 cm³/mol. The van der Waals surface area contributed by atoms with Crippen molar-refractivity contribution in [2.75, 3.05) is 26.8 Å². The molecule has 0 atom stereocenters. The van der Waals surface area contributed by atoms with E-state index in [2.05, 4.69) is 10.3 Å². The minimum atomic E-state index is 0.779. The van der Waals surface area contributed by atoms with Crippen LogP contribution >= 0.6 is 0 Å². The highest BCUT2D eigenvalue weighted by atomic mass is 16.5. The van der Waals surface area contributed by atoms with E-state index in [0.717, 1.165) is 26.2 Å². The molecule has 13 heavy (non-hydrogen) atoms. The second-order valence-corrected chi connectivity index (χ2v) is 2.82. The van der Waals surface area contributed by atoms with E-state index in [9.17, 15) is 0 Å². The molecular weight excluding hydrogens is 164 g/mol. The molecule has 1 N–H and O–H groups in total. The van der Waals surface area contributed by atoms with Crippen molar-refractivity contribution in [2.45, 2.75) is 6.42 Å². The Morgan fingerprint density at radius 2 is 2.08 bits per heavy atom. The summed E-state index contributed by atoms with van der Waals surface area (Å²) in [4.78, 5) is 3.95. The standard InChI is InChI=1S/C10H16N2O/c1-11-7-9-13-8-4-10-2-5-12-6-3-10/h2-3,5-6,11H,4,7-9H2,1H3. The van der Waals surface area contributed by atoms with Gasteiger partial charge in [0.15, 0.2) is 0 Å². The van der Waals surface area contributed by atoms with Crippen molar-refractivity contribution in [3.8, 4) is 0 Å². The van der Waals surface area contributed by atoms with Gasteiger partial charge in [0.05, 0.1) is 13.2 Å². The second-order valence-electron chi connectivity index (χ2n) is 2.82. The van der Waals surface area contributed by atoms with Gasteiger partial charge in [-0.3, -0.25) is 4.98 Å². The summed E-state index contributed by atoms with van der Waals surface area (Å²) in [5.74, 6) is 0. The number of aromatic nitrogens is 1. The third-order valence-electron chi connectivity index (χ3n) is 1.78. The second kappa shape index (κ2) is 6.57. The van der Waals surface area contributed by atoms with Gasteiger partial charge in [0.1, 0.15) is 0 Å². The van der Waals surface area contributed by atoms with E-state index in [1.165, 1.54) is 5.56 Å². The molecular formula is C10H16N2O. The number of hydrogen-bond acceptors (Lipinski definition) is 3. The van der Waals surface area contributed by atoms with Crippen molar-refractivity contribution in [1.82, 2.24) is 10.3 Å². The molecule has 0 aliphatic heterocycles. The topological polar surface area (TPSA) is 34.1 Å². The zero-order chi connectivity index (χ0) is 9.36. The number of likely N-dealkylation sites (N-methyl/N-ethyl adjacent to an activating group) is 1. The Morgan fingerprint density at radius 1 is 1.31 bits per heavy atom. The maximum Gasteiger partial charge on any atom is 0.0590 e. The Hall–Kier alpha value is -0.930. The van der Waals surface area contributed by atoms with Crippen molar-refractivity contribution >= 4 is 0 Å². The van der Waals surface area contributed by atoms with Crippen LogP contribution in [0.4, 0.5) is 0 Å². The first kappa shape index (κ1) is 10.2. The third-order valence-corrected chi connectivity index (χ3v) is 1.78. The van der Waals surface area contributed by atoms with Gasteiger partial charge in [-0.1, -0.05) is 0 Å². The Balaban J connectivity index is 2.07. The van der Waals surface area contributed by atoms with Crippen LogP contribution in [-0.4, -0.2) is 31.8 Å². The number of nitrogens with one attached hydrogen (secondary N) is 1.